The third kappa shape index (κ3) is 3.94. The molecule has 100 valence electrons. The summed E-state index contributed by atoms with van der Waals surface area (Å²) >= 11 is 0. The minimum atomic E-state index is 0.658. The zero-order chi connectivity index (χ0) is 12.1. The first-order valence-electron chi connectivity index (χ1n) is 7.28. The van der Waals surface area contributed by atoms with Gasteiger partial charge in [-0.1, -0.05) is 0 Å². The lowest BCUT2D eigenvalue weighted by molar-refractivity contribution is 0.0558. The third-order valence-electron chi connectivity index (χ3n) is 4.59. The molecule has 0 saturated carbocycles. The lowest BCUT2D eigenvalue weighted by Gasteiger charge is -2.29. The van der Waals surface area contributed by atoms with Crippen LogP contribution in [0, 0.1) is 5.92 Å². The highest BCUT2D eigenvalue weighted by molar-refractivity contribution is 4.79. The van der Waals surface area contributed by atoms with E-state index < -0.39 is 0 Å². The summed E-state index contributed by atoms with van der Waals surface area (Å²) < 4.78 is 5.42. The topological polar surface area (TPSA) is 24.5 Å². The maximum atomic E-state index is 5.42. The van der Waals surface area contributed by atoms with E-state index in [4.69, 9.17) is 4.74 Å². The Labute approximate surface area is 106 Å². The quantitative estimate of drug-likeness (QED) is 0.794. The van der Waals surface area contributed by atoms with Gasteiger partial charge >= 0.3 is 0 Å². The van der Waals surface area contributed by atoms with Crippen LogP contribution in [0.1, 0.15) is 39.0 Å². The molecule has 2 aliphatic rings. The van der Waals surface area contributed by atoms with Crippen molar-refractivity contribution in [2.45, 2.75) is 51.1 Å². The minimum Gasteiger partial charge on any atom is -0.381 e. The largest absolute Gasteiger partial charge is 0.381 e. The number of ether oxygens (including phenoxy) is 1. The maximum Gasteiger partial charge on any atom is 0.0469 e. The second kappa shape index (κ2) is 6.72. The van der Waals surface area contributed by atoms with Crippen molar-refractivity contribution in [1.29, 1.82) is 0 Å². The molecular weight excluding hydrogens is 212 g/mol. The van der Waals surface area contributed by atoms with Gasteiger partial charge in [0, 0.05) is 25.3 Å². The summed E-state index contributed by atoms with van der Waals surface area (Å²) in [4.78, 5) is 2.51. The number of nitrogens with zero attached hydrogens (tertiary/aromatic N) is 1. The summed E-state index contributed by atoms with van der Waals surface area (Å²) in [5.41, 5.74) is 0. The predicted octanol–water partition coefficient (Wildman–Crippen LogP) is 1.88. The molecule has 2 rings (SSSR count). The van der Waals surface area contributed by atoms with Gasteiger partial charge in [0.1, 0.15) is 0 Å². The number of hydrogen-bond acceptors (Lipinski definition) is 3. The monoisotopic (exact) mass is 240 g/mol. The van der Waals surface area contributed by atoms with Crippen molar-refractivity contribution in [2.75, 3.05) is 33.4 Å². The lowest BCUT2D eigenvalue weighted by atomic mass is 9.93. The smallest absolute Gasteiger partial charge is 0.0469 e. The van der Waals surface area contributed by atoms with E-state index in [0.717, 1.165) is 25.2 Å². The van der Waals surface area contributed by atoms with E-state index >= 15 is 0 Å². The fourth-order valence-electron chi connectivity index (χ4n) is 3.20. The zero-order valence-corrected chi connectivity index (χ0v) is 11.5. The van der Waals surface area contributed by atoms with Gasteiger partial charge in [-0.25, -0.2) is 0 Å². The molecule has 0 radical (unpaired) electrons. The van der Waals surface area contributed by atoms with Crippen molar-refractivity contribution in [3.8, 4) is 0 Å². The van der Waals surface area contributed by atoms with Crippen LogP contribution in [0.4, 0.5) is 0 Å². The summed E-state index contributed by atoms with van der Waals surface area (Å²) in [6, 6.07) is 1.48. The Hall–Kier alpha value is -0.120. The van der Waals surface area contributed by atoms with Crippen LogP contribution >= 0.6 is 0 Å². The second-order valence-corrected chi connectivity index (χ2v) is 5.76. The molecule has 0 bridgehead atoms. The molecule has 0 spiro atoms. The summed E-state index contributed by atoms with van der Waals surface area (Å²) in [5, 5.41) is 3.72. The average Bonchev–Trinajstić information content (AvgIpc) is 2.76. The molecule has 3 nitrogen and oxygen atoms in total. The molecule has 0 aromatic heterocycles. The molecule has 0 aromatic carbocycles. The van der Waals surface area contributed by atoms with Gasteiger partial charge < -0.3 is 15.0 Å². The zero-order valence-electron chi connectivity index (χ0n) is 11.5. The van der Waals surface area contributed by atoms with E-state index in [1.54, 1.807) is 0 Å². The number of likely N-dealkylation sites (tertiary alicyclic amines) is 1. The minimum absolute atomic E-state index is 0.658. The molecule has 2 heterocycles. The van der Waals surface area contributed by atoms with Crippen LogP contribution in [0.5, 0.6) is 0 Å². The molecule has 0 unspecified atom stereocenters. The normalized spacial score (nSPS) is 29.6. The highest BCUT2D eigenvalue weighted by Crippen LogP contribution is 2.20. The van der Waals surface area contributed by atoms with Crippen LogP contribution in [0.3, 0.4) is 0 Å². The van der Waals surface area contributed by atoms with Crippen LogP contribution in [0.25, 0.3) is 0 Å². The van der Waals surface area contributed by atoms with Crippen LogP contribution < -0.4 is 5.32 Å². The molecule has 0 aromatic rings. The highest BCUT2D eigenvalue weighted by atomic mass is 16.5. The van der Waals surface area contributed by atoms with Crippen LogP contribution in [0.2, 0.25) is 0 Å². The summed E-state index contributed by atoms with van der Waals surface area (Å²) in [7, 11) is 2.26. The van der Waals surface area contributed by atoms with Gasteiger partial charge in [0.2, 0.25) is 0 Å². The number of hydrogen-bond donors (Lipinski definition) is 1. The van der Waals surface area contributed by atoms with Gasteiger partial charge in [-0.3, -0.25) is 0 Å². The fraction of sp³-hybridized carbons (Fsp3) is 1.00. The average molecular weight is 240 g/mol. The van der Waals surface area contributed by atoms with E-state index in [1.165, 1.54) is 45.2 Å². The van der Waals surface area contributed by atoms with Crippen LogP contribution in [0.15, 0.2) is 0 Å². The lowest BCUT2D eigenvalue weighted by Crippen LogP contribution is -2.39. The Kier molecular flexibility index (Phi) is 5.26. The molecule has 17 heavy (non-hydrogen) atoms. The van der Waals surface area contributed by atoms with E-state index in [1.807, 2.05) is 0 Å². The van der Waals surface area contributed by atoms with Gasteiger partial charge in [-0.15, -0.1) is 0 Å². The molecule has 0 amide bonds. The summed E-state index contributed by atoms with van der Waals surface area (Å²) in [6.45, 7) is 6.73. The van der Waals surface area contributed by atoms with E-state index in [2.05, 4.69) is 24.2 Å². The fourth-order valence-corrected chi connectivity index (χ4v) is 3.20. The molecule has 0 aliphatic carbocycles. The molecule has 3 heteroatoms. The molecular formula is C14H28N2O. The van der Waals surface area contributed by atoms with Crippen LogP contribution in [-0.4, -0.2) is 50.3 Å². The van der Waals surface area contributed by atoms with Gasteiger partial charge in [0.05, 0.1) is 0 Å². The van der Waals surface area contributed by atoms with E-state index in [9.17, 15) is 0 Å². The Bertz CT molecular complexity index is 216. The van der Waals surface area contributed by atoms with E-state index in [-0.39, 0.29) is 0 Å². The van der Waals surface area contributed by atoms with Crippen molar-refractivity contribution in [3.05, 3.63) is 0 Å². The first-order chi connectivity index (χ1) is 8.27. The first kappa shape index (κ1) is 13.3. The number of rotatable bonds is 5. The third-order valence-corrected chi connectivity index (χ3v) is 4.59. The molecule has 2 atom stereocenters. The predicted molar refractivity (Wildman–Crippen MR) is 71.3 cm³/mol. The second-order valence-electron chi connectivity index (χ2n) is 5.76. The standard InChI is InChI=1S/C14H28N2O/c1-12(13-6-10-17-11-7-13)15-8-5-14-4-3-9-16(14)2/h12-15H,3-11H2,1-2H3/t12-,14-/m1/s1. The van der Waals surface area contributed by atoms with Gasteiger partial charge in [0.25, 0.3) is 0 Å². The first-order valence-corrected chi connectivity index (χ1v) is 7.28. The van der Waals surface area contributed by atoms with Crippen LogP contribution in [-0.2, 0) is 4.74 Å². The van der Waals surface area contributed by atoms with Gasteiger partial charge in [-0.2, -0.15) is 0 Å². The van der Waals surface area contributed by atoms with Crippen molar-refractivity contribution in [2.24, 2.45) is 5.92 Å². The SMILES string of the molecule is C[C@@H](NCC[C@H]1CCCN1C)C1CCOCC1. The Morgan fingerprint density at radius 1 is 1.29 bits per heavy atom. The van der Waals surface area contributed by atoms with Crippen molar-refractivity contribution < 1.29 is 4.74 Å². The molecule has 2 saturated heterocycles. The Morgan fingerprint density at radius 3 is 2.71 bits per heavy atom. The Balaban J connectivity index is 1.60. The summed E-state index contributed by atoms with van der Waals surface area (Å²) in [5.74, 6) is 0.824. The van der Waals surface area contributed by atoms with Crippen molar-refractivity contribution >= 4 is 0 Å². The van der Waals surface area contributed by atoms with Gasteiger partial charge in [-0.05, 0) is 65.1 Å². The van der Waals surface area contributed by atoms with E-state index in [0.29, 0.717) is 6.04 Å². The Morgan fingerprint density at radius 2 is 2.06 bits per heavy atom. The molecule has 2 fully saturated rings. The molecule has 2 aliphatic heterocycles. The van der Waals surface area contributed by atoms with Crippen molar-refractivity contribution in [3.63, 3.8) is 0 Å². The van der Waals surface area contributed by atoms with Gasteiger partial charge in [0.15, 0.2) is 0 Å². The highest BCUT2D eigenvalue weighted by Gasteiger charge is 2.22. The van der Waals surface area contributed by atoms with Crippen molar-refractivity contribution in [1.82, 2.24) is 10.2 Å². The number of nitrogens with one attached hydrogen (secondary N) is 1. The maximum absolute atomic E-state index is 5.42. The molecule has 1 N–H and O–H groups in total. The summed E-state index contributed by atoms with van der Waals surface area (Å²) in [6.07, 6.45) is 6.56.